The number of carbonyl (C=O) groups is 2. The van der Waals surface area contributed by atoms with Crippen LogP contribution in [0, 0.1) is 5.92 Å². The maximum absolute atomic E-state index is 13.6. The van der Waals surface area contributed by atoms with Gasteiger partial charge in [-0.2, -0.15) is 23.4 Å². The van der Waals surface area contributed by atoms with Gasteiger partial charge in [0.05, 0.1) is 47.1 Å². The maximum Gasteiger partial charge on any atom is 0.422 e. The van der Waals surface area contributed by atoms with Gasteiger partial charge in [0.1, 0.15) is 23.8 Å². The lowest BCUT2D eigenvalue weighted by molar-refractivity contribution is -0.190. The molecule has 5 aromatic rings. The van der Waals surface area contributed by atoms with Crippen molar-refractivity contribution in [1.82, 2.24) is 39.6 Å². The highest BCUT2D eigenvalue weighted by Gasteiger charge is 2.33. The van der Waals surface area contributed by atoms with Crippen molar-refractivity contribution in [3.63, 3.8) is 0 Å². The molecule has 7 rings (SSSR count). The summed E-state index contributed by atoms with van der Waals surface area (Å²) < 4.78 is 56.6. The largest absolute Gasteiger partial charge is 0.494 e. The molecule has 0 aliphatic carbocycles. The third kappa shape index (κ3) is 6.65. The van der Waals surface area contributed by atoms with Gasteiger partial charge in [0, 0.05) is 50.4 Å². The summed E-state index contributed by atoms with van der Waals surface area (Å²) in [5, 5.41) is 15.9. The minimum absolute atomic E-state index is 0.150. The number of carbonyl (C=O) groups excluding carboxylic acids is 2. The smallest absolute Gasteiger partial charge is 0.422 e. The summed E-state index contributed by atoms with van der Waals surface area (Å²) >= 11 is 0. The average molecular weight is 680 g/mol. The van der Waals surface area contributed by atoms with Crippen LogP contribution in [0.4, 0.5) is 18.9 Å². The van der Waals surface area contributed by atoms with Crippen LogP contribution in [0.25, 0.3) is 33.5 Å². The fraction of sp³-hybridized carbons (Fsp3) is 0.375. The third-order valence-electron chi connectivity index (χ3n) is 8.53. The van der Waals surface area contributed by atoms with E-state index in [4.69, 9.17) is 14.6 Å². The zero-order chi connectivity index (χ0) is 34.1. The van der Waals surface area contributed by atoms with Crippen molar-refractivity contribution < 1.29 is 37.0 Å². The molecule has 4 aromatic heterocycles. The molecule has 0 spiro atoms. The number of benzene rings is 1. The van der Waals surface area contributed by atoms with Crippen molar-refractivity contribution >= 4 is 34.1 Å². The summed E-state index contributed by atoms with van der Waals surface area (Å²) in [6, 6.07) is 7.24. The van der Waals surface area contributed by atoms with Crippen LogP contribution in [-0.4, -0.2) is 105 Å². The van der Waals surface area contributed by atoms with E-state index in [0.717, 1.165) is 5.69 Å². The van der Waals surface area contributed by atoms with Crippen LogP contribution in [0.2, 0.25) is 0 Å². The number of halogens is 3. The van der Waals surface area contributed by atoms with Crippen LogP contribution in [-0.2, 0) is 9.53 Å². The number of anilines is 1. The summed E-state index contributed by atoms with van der Waals surface area (Å²) in [7, 11) is 1.56. The zero-order valence-corrected chi connectivity index (χ0v) is 26.4. The lowest BCUT2D eigenvalue weighted by Gasteiger charge is -2.30. The molecule has 2 N–H and O–H groups in total. The molecule has 0 radical (unpaired) electrons. The van der Waals surface area contributed by atoms with Crippen molar-refractivity contribution in [1.29, 1.82) is 0 Å². The molecule has 17 heteroatoms. The van der Waals surface area contributed by atoms with Gasteiger partial charge in [-0.1, -0.05) is 0 Å². The normalized spacial score (nSPS) is 15.4. The van der Waals surface area contributed by atoms with Gasteiger partial charge in [0.15, 0.2) is 17.9 Å². The molecule has 1 amide bonds. The molecule has 49 heavy (non-hydrogen) atoms. The first-order valence-corrected chi connectivity index (χ1v) is 15.7. The third-order valence-corrected chi connectivity index (χ3v) is 8.53. The van der Waals surface area contributed by atoms with E-state index in [2.05, 4.69) is 30.4 Å². The van der Waals surface area contributed by atoms with E-state index in [1.807, 2.05) is 23.1 Å². The van der Waals surface area contributed by atoms with Gasteiger partial charge >= 0.3 is 12.1 Å². The number of piperidine rings is 1. The molecule has 2 aliphatic heterocycles. The predicted molar refractivity (Wildman–Crippen MR) is 170 cm³/mol. The van der Waals surface area contributed by atoms with Gasteiger partial charge < -0.3 is 29.7 Å². The lowest BCUT2D eigenvalue weighted by Crippen LogP contribution is -2.41. The van der Waals surface area contributed by atoms with E-state index in [-0.39, 0.29) is 12.2 Å². The van der Waals surface area contributed by atoms with Gasteiger partial charge in [-0.05, 0) is 38.1 Å². The molecular weight excluding hydrogens is 647 g/mol. The van der Waals surface area contributed by atoms with Crippen molar-refractivity contribution in [2.24, 2.45) is 5.92 Å². The van der Waals surface area contributed by atoms with Crippen LogP contribution in [0.15, 0.2) is 49.1 Å². The van der Waals surface area contributed by atoms with Crippen LogP contribution in [0.5, 0.6) is 11.5 Å². The number of esters is 1. The van der Waals surface area contributed by atoms with Gasteiger partial charge in [-0.15, -0.1) is 0 Å². The van der Waals surface area contributed by atoms with Crippen molar-refractivity contribution in [3.05, 3.63) is 54.7 Å². The minimum Gasteiger partial charge on any atom is -0.494 e. The second kappa shape index (κ2) is 13.2. The molecule has 0 bridgehead atoms. The van der Waals surface area contributed by atoms with E-state index in [0.29, 0.717) is 90.6 Å². The van der Waals surface area contributed by atoms with Crippen LogP contribution >= 0.6 is 0 Å². The summed E-state index contributed by atoms with van der Waals surface area (Å²) in [4.78, 5) is 36.8. The number of hydrogen-bond donors (Lipinski definition) is 2. The fourth-order valence-electron chi connectivity index (χ4n) is 6.07. The Balaban J connectivity index is 1.13. The molecular formula is C32H32F3N9O5. The Morgan fingerprint density at radius 2 is 1.98 bits per heavy atom. The molecule has 1 fully saturated rings. The topological polar surface area (TPSA) is 150 Å². The summed E-state index contributed by atoms with van der Waals surface area (Å²) in [5.41, 5.74) is 3.97. The molecule has 2 aliphatic rings. The highest BCUT2D eigenvalue weighted by atomic mass is 19.4. The number of nitrogens with zero attached hydrogens (tertiary/aromatic N) is 7. The number of amides is 1. The van der Waals surface area contributed by atoms with Gasteiger partial charge in [0.2, 0.25) is 0 Å². The molecule has 0 unspecified atom stereocenters. The van der Waals surface area contributed by atoms with Crippen molar-refractivity contribution in [2.45, 2.75) is 19.0 Å². The molecule has 6 heterocycles. The molecule has 0 atom stereocenters. The summed E-state index contributed by atoms with van der Waals surface area (Å²) in [6.07, 6.45) is 2.93. The Kier molecular flexibility index (Phi) is 8.66. The van der Waals surface area contributed by atoms with E-state index in [9.17, 15) is 22.8 Å². The number of hydrogen-bond acceptors (Lipinski definition) is 11. The Morgan fingerprint density at radius 3 is 2.78 bits per heavy atom. The van der Waals surface area contributed by atoms with Gasteiger partial charge in [0.25, 0.3) is 5.91 Å². The number of likely N-dealkylation sites (tertiary alicyclic amines) is 1. The maximum atomic E-state index is 13.6. The number of ether oxygens (including phenoxy) is 3. The first-order chi connectivity index (χ1) is 23.7. The number of aromatic nitrogens is 6. The molecule has 14 nitrogen and oxygen atoms in total. The molecule has 0 saturated carbocycles. The molecule has 1 saturated heterocycles. The summed E-state index contributed by atoms with van der Waals surface area (Å²) in [5.74, 6) is -0.707. The van der Waals surface area contributed by atoms with E-state index >= 15 is 0 Å². The first-order valence-electron chi connectivity index (χ1n) is 15.7. The Bertz CT molecular complexity index is 2020. The number of nitrogens with one attached hydrogen (secondary N) is 2. The van der Waals surface area contributed by atoms with E-state index < -0.39 is 30.6 Å². The Labute approximate surface area is 277 Å². The van der Waals surface area contributed by atoms with E-state index in [1.54, 1.807) is 47.2 Å². The van der Waals surface area contributed by atoms with E-state index in [1.165, 1.54) is 0 Å². The molecule has 256 valence electrons. The van der Waals surface area contributed by atoms with Gasteiger partial charge in [-0.25, -0.2) is 14.2 Å². The number of rotatable bonds is 9. The SMILES string of the molecule is COc1cc2c(cc1-n1nc(C(=O)NCCN3CCC(C(=O)OCC(F)(F)F)CC3)c3cnc(-c4cnn5cccnc45)cc31)OCCN2. The monoisotopic (exact) mass is 679 g/mol. The number of alkyl halides is 3. The predicted octanol–water partition coefficient (Wildman–Crippen LogP) is 3.49. The quantitative estimate of drug-likeness (QED) is 0.221. The highest BCUT2D eigenvalue weighted by molar-refractivity contribution is 6.05. The van der Waals surface area contributed by atoms with Crippen molar-refractivity contribution in [2.75, 3.05) is 58.4 Å². The highest BCUT2D eigenvalue weighted by Crippen LogP contribution is 2.38. The second-order valence-electron chi connectivity index (χ2n) is 11.7. The Morgan fingerprint density at radius 1 is 1.14 bits per heavy atom. The second-order valence-corrected chi connectivity index (χ2v) is 11.7. The average Bonchev–Trinajstić information content (AvgIpc) is 3.72. The number of pyridine rings is 1. The fourth-order valence-corrected chi connectivity index (χ4v) is 6.07. The minimum atomic E-state index is -4.56. The lowest BCUT2D eigenvalue weighted by atomic mass is 9.97. The van der Waals surface area contributed by atoms with Crippen molar-refractivity contribution in [3.8, 4) is 28.4 Å². The summed E-state index contributed by atoms with van der Waals surface area (Å²) in [6.45, 7) is 1.28. The van der Waals surface area contributed by atoms with Crippen LogP contribution in [0.1, 0.15) is 23.3 Å². The van der Waals surface area contributed by atoms with Crippen LogP contribution in [0.3, 0.4) is 0 Å². The van der Waals surface area contributed by atoms with Gasteiger partial charge in [-0.3, -0.25) is 14.6 Å². The van der Waals surface area contributed by atoms with Crippen LogP contribution < -0.4 is 20.1 Å². The molecule has 1 aromatic carbocycles. The number of methoxy groups -OCH3 is 1. The standard InChI is InChI=1S/C32H32F3N9O5/c1-47-27-14-23-26(48-12-7-36-23)15-25(27)44-24-13-22(20-17-40-43-8-2-5-37-29(20)43)39-16-21(24)28(41-44)30(45)38-6-11-42-9-3-19(4-10-42)31(46)49-18-32(33,34)35/h2,5,8,13-17,19,36H,3-4,6-7,9-12,18H2,1H3,(H,38,45). The number of fused-ring (bicyclic) bond motifs is 3. The Hall–Kier alpha value is -5.45. The zero-order valence-electron chi connectivity index (χ0n) is 26.4. The first kappa shape index (κ1) is 32.1.